The third-order valence-electron chi connectivity index (χ3n) is 3.90. The van der Waals surface area contributed by atoms with Crippen molar-refractivity contribution >= 4 is 6.29 Å². The van der Waals surface area contributed by atoms with Gasteiger partial charge in [-0.3, -0.25) is 4.90 Å². The second-order valence-electron chi connectivity index (χ2n) is 5.65. The molecule has 1 unspecified atom stereocenters. The summed E-state index contributed by atoms with van der Waals surface area (Å²) in [5.41, 5.74) is -0.244. The molecule has 0 spiro atoms. The highest BCUT2D eigenvalue weighted by atomic mass is 16.3. The van der Waals surface area contributed by atoms with E-state index in [-0.39, 0.29) is 12.0 Å². The van der Waals surface area contributed by atoms with Gasteiger partial charge in [-0.25, -0.2) is 0 Å². The Kier molecular flexibility index (Phi) is 6.14. The standard InChI is InChI=1S/C14H27NO2/c1-3-8-14(2,12-17)11-15(9-10-16)13-6-4-5-7-13/h12-13,16H,3-11H2,1-2H3. The molecule has 0 amide bonds. The van der Waals surface area contributed by atoms with Gasteiger partial charge < -0.3 is 9.90 Å². The number of carbonyl (C=O) groups is 1. The fraction of sp³-hybridized carbons (Fsp3) is 0.929. The quantitative estimate of drug-likeness (QED) is 0.662. The van der Waals surface area contributed by atoms with Crippen molar-refractivity contribution in [3.63, 3.8) is 0 Å². The maximum absolute atomic E-state index is 11.3. The molecule has 0 aromatic carbocycles. The fourth-order valence-electron chi connectivity index (χ4n) is 3.00. The van der Waals surface area contributed by atoms with Gasteiger partial charge in [0.1, 0.15) is 6.29 Å². The normalized spacial score (nSPS) is 20.7. The first-order valence-corrected chi connectivity index (χ1v) is 6.96. The van der Waals surface area contributed by atoms with Gasteiger partial charge in [0.2, 0.25) is 0 Å². The topological polar surface area (TPSA) is 40.5 Å². The first-order valence-electron chi connectivity index (χ1n) is 6.96. The maximum atomic E-state index is 11.3. The van der Waals surface area contributed by atoms with E-state index in [2.05, 4.69) is 11.8 Å². The molecule has 0 aliphatic heterocycles. The monoisotopic (exact) mass is 241 g/mol. The molecule has 1 rings (SSSR count). The predicted octanol–water partition coefficient (Wildman–Crippen LogP) is 2.23. The van der Waals surface area contributed by atoms with Crippen LogP contribution in [-0.2, 0) is 4.79 Å². The summed E-state index contributed by atoms with van der Waals surface area (Å²) in [6, 6.07) is 0.582. The molecule has 3 heteroatoms. The number of rotatable bonds is 8. The minimum Gasteiger partial charge on any atom is -0.395 e. The Labute approximate surface area is 105 Å². The summed E-state index contributed by atoms with van der Waals surface area (Å²) in [6.07, 6.45) is 8.10. The number of nitrogens with zero attached hydrogens (tertiary/aromatic N) is 1. The summed E-state index contributed by atoms with van der Waals surface area (Å²) >= 11 is 0. The van der Waals surface area contributed by atoms with E-state index in [1.54, 1.807) is 0 Å². The van der Waals surface area contributed by atoms with Crippen LogP contribution < -0.4 is 0 Å². The van der Waals surface area contributed by atoms with Gasteiger partial charge in [0.05, 0.1) is 6.61 Å². The van der Waals surface area contributed by atoms with Crippen molar-refractivity contribution in [3.8, 4) is 0 Å². The van der Waals surface area contributed by atoms with Crippen LogP contribution >= 0.6 is 0 Å². The van der Waals surface area contributed by atoms with Gasteiger partial charge in [-0.05, 0) is 19.3 Å². The Balaban J connectivity index is 2.59. The summed E-state index contributed by atoms with van der Waals surface area (Å²) in [5.74, 6) is 0. The van der Waals surface area contributed by atoms with E-state index in [1.165, 1.54) is 25.7 Å². The Bertz CT molecular complexity index is 226. The van der Waals surface area contributed by atoms with Crippen LogP contribution in [0.5, 0.6) is 0 Å². The van der Waals surface area contributed by atoms with Crippen LogP contribution in [0.25, 0.3) is 0 Å². The largest absolute Gasteiger partial charge is 0.395 e. The highest BCUT2D eigenvalue weighted by Gasteiger charge is 2.30. The molecule has 1 aliphatic rings. The summed E-state index contributed by atoms with van der Waals surface area (Å²) in [7, 11) is 0. The molecule has 0 bridgehead atoms. The van der Waals surface area contributed by atoms with E-state index in [1.807, 2.05) is 6.92 Å². The summed E-state index contributed by atoms with van der Waals surface area (Å²) in [6.45, 7) is 5.86. The average Bonchev–Trinajstić information content (AvgIpc) is 2.82. The van der Waals surface area contributed by atoms with Crippen molar-refractivity contribution in [2.75, 3.05) is 19.7 Å². The van der Waals surface area contributed by atoms with Crippen LogP contribution in [0.1, 0.15) is 52.4 Å². The van der Waals surface area contributed by atoms with Crippen molar-refractivity contribution in [1.82, 2.24) is 4.90 Å². The zero-order valence-corrected chi connectivity index (χ0v) is 11.3. The van der Waals surface area contributed by atoms with Gasteiger partial charge in [-0.1, -0.05) is 33.1 Å². The Morgan fingerprint density at radius 1 is 1.41 bits per heavy atom. The average molecular weight is 241 g/mol. The molecule has 1 atom stereocenters. The van der Waals surface area contributed by atoms with Gasteiger partial charge in [0.25, 0.3) is 0 Å². The van der Waals surface area contributed by atoms with Crippen LogP contribution in [0, 0.1) is 5.41 Å². The zero-order chi connectivity index (χ0) is 12.7. The van der Waals surface area contributed by atoms with Gasteiger partial charge in [0.15, 0.2) is 0 Å². The molecule has 1 fully saturated rings. The molecule has 0 aromatic heterocycles. The first-order chi connectivity index (χ1) is 8.15. The van der Waals surface area contributed by atoms with Crippen LogP contribution in [0.3, 0.4) is 0 Å². The van der Waals surface area contributed by atoms with Crippen molar-refractivity contribution in [2.45, 2.75) is 58.4 Å². The smallest absolute Gasteiger partial charge is 0.127 e. The molecule has 100 valence electrons. The Hall–Kier alpha value is -0.410. The van der Waals surface area contributed by atoms with E-state index in [4.69, 9.17) is 5.11 Å². The first kappa shape index (κ1) is 14.7. The second-order valence-corrected chi connectivity index (χ2v) is 5.65. The number of carbonyl (C=O) groups excluding carboxylic acids is 1. The highest BCUT2D eigenvalue weighted by molar-refractivity contribution is 5.59. The molecular formula is C14H27NO2. The molecule has 3 nitrogen and oxygen atoms in total. The number of hydrogen-bond donors (Lipinski definition) is 1. The highest BCUT2D eigenvalue weighted by Crippen LogP contribution is 2.28. The van der Waals surface area contributed by atoms with Gasteiger partial charge >= 0.3 is 0 Å². The minimum atomic E-state index is -0.244. The fourth-order valence-corrected chi connectivity index (χ4v) is 3.00. The number of aldehydes is 1. The molecule has 1 saturated carbocycles. The van der Waals surface area contributed by atoms with Crippen LogP contribution in [0.2, 0.25) is 0 Å². The van der Waals surface area contributed by atoms with Gasteiger partial charge in [0, 0.05) is 24.5 Å². The molecule has 17 heavy (non-hydrogen) atoms. The van der Waals surface area contributed by atoms with Crippen LogP contribution in [0.4, 0.5) is 0 Å². The van der Waals surface area contributed by atoms with E-state index in [0.717, 1.165) is 25.7 Å². The molecule has 1 aliphatic carbocycles. The summed E-state index contributed by atoms with van der Waals surface area (Å²) in [5, 5.41) is 9.17. The molecule has 0 heterocycles. The third-order valence-corrected chi connectivity index (χ3v) is 3.90. The summed E-state index contributed by atoms with van der Waals surface area (Å²) in [4.78, 5) is 13.6. The lowest BCUT2D eigenvalue weighted by atomic mass is 9.86. The lowest BCUT2D eigenvalue weighted by Gasteiger charge is -2.35. The molecule has 0 radical (unpaired) electrons. The predicted molar refractivity (Wildman–Crippen MR) is 70.0 cm³/mol. The van der Waals surface area contributed by atoms with Crippen LogP contribution in [0.15, 0.2) is 0 Å². The van der Waals surface area contributed by atoms with Crippen molar-refractivity contribution < 1.29 is 9.90 Å². The third kappa shape index (κ3) is 4.40. The number of aliphatic hydroxyl groups is 1. The van der Waals surface area contributed by atoms with Gasteiger partial charge in [-0.2, -0.15) is 0 Å². The van der Waals surface area contributed by atoms with E-state index in [0.29, 0.717) is 12.6 Å². The molecule has 0 aromatic rings. The summed E-state index contributed by atoms with van der Waals surface area (Å²) < 4.78 is 0. The van der Waals surface area contributed by atoms with E-state index < -0.39 is 0 Å². The lowest BCUT2D eigenvalue weighted by Crippen LogP contribution is -2.43. The second kappa shape index (κ2) is 7.12. The van der Waals surface area contributed by atoms with Crippen molar-refractivity contribution in [3.05, 3.63) is 0 Å². The van der Waals surface area contributed by atoms with E-state index in [9.17, 15) is 4.79 Å². The molecule has 1 N–H and O–H groups in total. The van der Waals surface area contributed by atoms with Crippen molar-refractivity contribution in [2.24, 2.45) is 5.41 Å². The maximum Gasteiger partial charge on any atom is 0.127 e. The number of aliphatic hydroxyl groups excluding tert-OH is 1. The number of hydrogen-bond acceptors (Lipinski definition) is 3. The lowest BCUT2D eigenvalue weighted by molar-refractivity contribution is -0.117. The van der Waals surface area contributed by atoms with Crippen LogP contribution in [-0.4, -0.2) is 42.0 Å². The van der Waals surface area contributed by atoms with Crippen molar-refractivity contribution in [1.29, 1.82) is 0 Å². The zero-order valence-electron chi connectivity index (χ0n) is 11.3. The van der Waals surface area contributed by atoms with Gasteiger partial charge in [-0.15, -0.1) is 0 Å². The van der Waals surface area contributed by atoms with E-state index >= 15 is 0 Å². The Morgan fingerprint density at radius 3 is 2.53 bits per heavy atom. The minimum absolute atomic E-state index is 0.192. The Morgan fingerprint density at radius 2 is 2.06 bits per heavy atom. The molecule has 0 saturated heterocycles. The molecular weight excluding hydrogens is 214 g/mol. The SMILES string of the molecule is CCCC(C)(C=O)CN(CCO)C1CCCC1.